The predicted octanol–water partition coefficient (Wildman–Crippen LogP) is 0.836. The number of nitrogens with one attached hydrogen (secondary N) is 1. The molecular weight excluding hydrogens is 232 g/mol. The van der Waals surface area contributed by atoms with Gasteiger partial charge in [-0.15, -0.1) is 0 Å². The minimum Gasteiger partial charge on any atom is -0.395 e. The summed E-state index contributed by atoms with van der Waals surface area (Å²) in [5.74, 6) is -6.28. The standard InChI is InChI=1S/C6H7F6NO2/c7-5(8,9)3(6(10,11)12)4(15)13-1-2-14/h3,14H,1-2H2,(H,13,15). The quantitative estimate of drug-likeness (QED) is 0.717. The van der Waals surface area contributed by atoms with Gasteiger partial charge < -0.3 is 10.4 Å². The maximum absolute atomic E-state index is 11.9. The number of halogens is 6. The minimum atomic E-state index is -5.70. The highest BCUT2D eigenvalue weighted by molar-refractivity contribution is 5.80. The minimum absolute atomic E-state index is 0.665. The lowest BCUT2D eigenvalue weighted by atomic mass is 10.1. The van der Waals surface area contributed by atoms with Crippen LogP contribution in [0.4, 0.5) is 26.3 Å². The molecule has 0 aliphatic rings. The van der Waals surface area contributed by atoms with Gasteiger partial charge in [-0.1, -0.05) is 0 Å². The number of hydrogen-bond donors (Lipinski definition) is 2. The van der Waals surface area contributed by atoms with Gasteiger partial charge in [0.15, 0.2) is 0 Å². The maximum Gasteiger partial charge on any atom is 0.409 e. The molecule has 0 bridgehead atoms. The van der Waals surface area contributed by atoms with Crippen molar-refractivity contribution in [1.29, 1.82) is 0 Å². The second-order valence-corrected chi connectivity index (χ2v) is 2.53. The molecule has 0 aromatic heterocycles. The molecule has 9 heteroatoms. The molecule has 0 fully saturated rings. The number of rotatable bonds is 3. The fourth-order valence-electron chi connectivity index (χ4n) is 0.764. The highest BCUT2D eigenvalue weighted by atomic mass is 19.4. The molecule has 90 valence electrons. The van der Waals surface area contributed by atoms with Crippen LogP contribution in [-0.4, -0.2) is 36.5 Å². The maximum atomic E-state index is 11.9. The van der Waals surface area contributed by atoms with Crippen molar-refractivity contribution in [2.75, 3.05) is 13.2 Å². The van der Waals surface area contributed by atoms with Crippen LogP contribution in [0, 0.1) is 5.92 Å². The fourth-order valence-corrected chi connectivity index (χ4v) is 0.764. The van der Waals surface area contributed by atoms with Gasteiger partial charge in [-0.25, -0.2) is 0 Å². The van der Waals surface area contributed by atoms with Gasteiger partial charge in [-0.3, -0.25) is 4.79 Å². The molecule has 0 saturated carbocycles. The Kier molecular flexibility index (Phi) is 4.38. The molecule has 0 unspecified atom stereocenters. The third kappa shape index (κ3) is 4.36. The van der Waals surface area contributed by atoms with Crippen LogP contribution in [0.15, 0.2) is 0 Å². The Labute approximate surface area is 80.1 Å². The van der Waals surface area contributed by atoms with Gasteiger partial charge in [0.2, 0.25) is 11.8 Å². The van der Waals surface area contributed by atoms with E-state index < -0.39 is 37.3 Å². The first kappa shape index (κ1) is 14.0. The van der Waals surface area contributed by atoms with E-state index in [-0.39, 0.29) is 0 Å². The zero-order valence-electron chi connectivity index (χ0n) is 7.11. The van der Waals surface area contributed by atoms with Gasteiger partial charge >= 0.3 is 12.4 Å². The van der Waals surface area contributed by atoms with Gasteiger partial charge in [0.25, 0.3) is 0 Å². The summed E-state index contributed by atoms with van der Waals surface area (Å²) in [6.07, 6.45) is -11.4. The van der Waals surface area contributed by atoms with Crippen molar-refractivity contribution in [3.8, 4) is 0 Å². The van der Waals surface area contributed by atoms with Crippen molar-refractivity contribution in [1.82, 2.24) is 5.32 Å². The summed E-state index contributed by atoms with van der Waals surface area (Å²) in [6.45, 7) is -1.41. The lowest BCUT2D eigenvalue weighted by molar-refractivity contribution is -0.274. The van der Waals surface area contributed by atoms with Crippen molar-refractivity contribution in [3.63, 3.8) is 0 Å². The summed E-state index contributed by atoms with van der Waals surface area (Å²) in [7, 11) is 0. The largest absolute Gasteiger partial charge is 0.409 e. The third-order valence-corrected chi connectivity index (χ3v) is 1.33. The van der Waals surface area contributed by atoms with Gasteiger partial charge in [-0.05, 0) is 0 Å². The van der Waals surface area contributed by atoms with Crippen LogP contribution >= 0.6 is 0 Å². The molecular formula is C6H7F6NO2. The van der Waals surface area contributed by atoms with Crippen LogP contribution in [0.5, 0.6) is 0 Å². The van der Waals surface area contributed by atoms with Gasteiger partial charge in [0.05, 0.1) is 6.61 Å². The average molecular weight is 239 g/mol. The van der Waals surface area contributed by atoms with Crippen LogP contribution in [0.3, 0.4) is 0 Å². The second kappa shape index (κ2) is 4.69. The number of aliphatic hydroxyl groups is 1. The summed E-state index contributed by atoms with van der Waals surface area (Å²) >= 11 is 0. The Morgan fingerprint density at radius 1 is 1.13 bits per heavy atom. The second-order valence-electron chi connectivity index (χ2n) is 2.53. The molecule has 0 aromatic rings. The number of amides is 1. The Morgan fingerprint density at radius 3 is 1.80 bits per heavy atom. The molecule has 1 amide bonds. The number of carbonyl (C=O) groups excluding carboxylic acids is 1. The van der Waals surface area contributed by atoms with E-state index in [2.05, 4.69) is 0 Å². The lowest BCUT2D eigenvalue weighted by Gasteiger charge is -2.21. The van der Waals surface area contributed by atoms with Crippen LogP contribution in [0.25, 0.3) is 0 Å². The molecule has 0 aromatic carbocycles. The molecule has 0 aliphatic carbocycles. The molecule has 0 heterocycles. The number of aliphatic hydroxyl groups excluding tert-OH is 1. The highest BCUT2D eigenvalue weighted by Crippen LogP contribution is 2.39. The smallest absolute Gasteiger partial charge is 0.395 e. The molecule has 0 rings (SSSR count). The molecule has 3 nitrogen and oxygen atoms in total. The normalized spacial score (nSPS) is 13.1. The van der Waals surface area contributed by atoms with Gasteiger partial charge in [0, 0.05) is 6.54 Å². The summed E-state index contributed by atoms with van der Waals surface area (Å²) in [6, 6.07) is 0. The monoisotopic (exact) mass is 239 g/mol. The van der Waals surface area contributed by atoms with Crippen molar-refractivity contribution < 1.29 is 36.2 Å². The third-order valence-electron chi connectivity index (χ3n) is 1.33. The summed E-state index contributed by atoms with van der Waals surface area (Å²) in [4.78, 5) is 10.5. The summed E-state index contributed by atoms with van der Waals surface area (Å²) in [5.41, 5.74) is 0. The van der Waals surface area contributed by atoms with E-state index >= 15 is 0 Å². The Bertz CT molecular complexity index is 209. The molecule has 0 saturated heterocycles. The van der Waals surface area contributed by atoms with E-state index in [4.69, 9.17) is 5.11 Å². The first-order valence-electron chi connectivity index (χ1n) is 3.62. The Hall–Kier alpha value is -0.990. The van der Waals surface area contributed by atoms with Gasteiger partial charge in [0.1, 0.15) is 0 Å². The fraction of sp³-hybridized carbons (Fsp3) is 0.833. The molecule has 0 radical (unpaired) electrons. The Balaban J connectivity index is 4.74. The number of alkyl halides is 6. The van der Waals surface area contributed by atoms with E-state index in [0.29, 0.717) is 0 Å². The molecule has 0 aliphatic heterocycles. The zero-order valence-corrected chi connectivity index (χ0v) is 7.11. The van der Waals surface area contributed by atoms with E-state index in [0.717, 1.165) is 0 Å². The first-order valence-corrected chi connectivity index (χ1v) is 3.62. The van der Waals surface area contributed by atoms with E-state index in [1.807, 2.05) is 0 Å². The van der Waals surface area contributed by atoms with Crippen LogP contribution < -0.4 is 5.32 Å². The first-order chi connectivity index (χ1) is 6.60. The molecule has 0 atom stereocenters. The predicted molar refractivity (Wildman–Crippen MR) is 35.7 cm³/mol. The summed E-state index contributed by atoms with van der Waals surface area (Å²) in [5, 5.41) is 9.44. The van der Waals surface area contributed by atoms with Crippen molar-refractivity contribution >= 4 is 5.91 Å². The molecule has 0 spiro atoms. The topological polar surface area (TPSA) is 49.3 Å². The number of carbonyl (C=O) groups is 1. The van der Waals surface area contributed by atoms with E-state index in [1.165, 1.54) is 5.32 Å². The van der Waals surface area contributed by atoms with Gasteiger partial charge in [-0.2, -0.15) is 26.3 Å². The van der Waals surface area contributed by atoms with Crippen LogP contribution in [0.2, 0.25) is 0 Å². The SMILES string of the molecule is O=C(NCCO)C(C(F)(F)F)C(F)(F)F. The number of hydrogen-bond acceptors (Lipinski definition) is 2. The van der Waals surface area contributed by atoms with Crippen molar-refractivity contribution in [2.45, 2.75) is 12.4 Å². The Morgan fingerprint density at radius 2 is 1.53 bits per heavy atom. The van der Waals surface area contributed by atoms with E-state index in [1.54, 1.807) is 0 Å². The molecule has 15 heavy (non-hydrogen) atoms. The zero-order chi connectivity index (χ0) is 12.3. The van der Waals surface area contributed by atoms with Crippen LogP contribution in [0.1, 0.15) is 0 Å². The summed E-state index contributed by atoms with van der Waals surface area (Å²) < 4.78 is 71.1. The molecule has 2 N–H and O–H groups in total. The van der Waals surface area contributed by atoms with Crippen molar-refractivity contribution in [3.05, 3.63) is 0 Å². The van der Waals surface area contributed by atoms with E-state index in [9.17, 15) is 31.1 Å². The lowest BCUT2D eigenvalue weighted by Crippen LogP contribution is -2.48. The van der Waals surface area contributed by atoms with Crippen molar-refractivity contribution in [2.24, 2.45) is 5.92 Å². The van der Waals surface area contributed by atoms with Crippen LogP contribution in [-0.2, 0) is 4.79 Å². The highest BCUT2D eigenvalue weighted by Gasteiger charge is 2.60. The average Bonchev–Trinajstić information content (AvgIpc) is 1.94.